The first-order valence-electron chi connectivity index (χ1n) is 9.38. The summed E-state index contributed by atoms with van der Waals surface area (Å²) in [5, 5.41) is 6.52. The van der Waals surface area contributed by atoms with Gasteiger partial charge in [0.15, 0.2) is 5.82 Å². The molecule has 0 spiro atoms. The Kier molecular flexibility index (Phi) is 5.26. The Morgan fingerprint density at radius 1 is 1.13 bits per heavy atom. The molecule has 0 fully saturated rings. The first-order valence-corrected chi connectivity index (χ1v) is 9.38. The van der Waals surface area contributed by atoms with E-state index in [4.69, 9.17) is 4.52 Å². The van der Waals surface area contributed by atoms with Crippen LogP contribution in [0.5, 0.6) is 0 Å². The van der Waals surface area contributed by atoms with Crippen molar-refractivity contribution in [1.82, 2.24) is 25.0 Å². The summed E-state index contributed by atoms with van der Waals surface area (Å²) in [4.78, 5) is 21.0. The van der Waals surface area contributed by atoms with Crippen LogP contribution < -0.4 is 5.32 Å². The molecular formula is C21H19F2N5O2. The SMILES string of the molecule is Cc1noc(-c2ccc(C(=O)NCC(C)c3nc4ccccc4n3C(F)F)cc2)n1. The van der Waals surface area contributed by atoms with E-state index >= 15 is 0 Å². The molecule has 154 valence electrons. The van der Waals surface area contributed by atoms with Gasteiger partial charge in [-0.1, -0.05) is 24.2 Å². The number of para-hydroxylation sites is 2. The van der Waals surface area contributed by atoms with Crippen molar-refractivity contribution in [3.8, 4) is 11.5 Å². The smallest absolute Gasteiger partial charge is 0.320 e. The van der Waals surface area contributed by atoms with E-state index < -0.39 is 12.5 Å². The maximum absolute atomic E-state index is 13.6. The number of hydrogen-bond acceptors (Lipinski definition) is 5. The van der Waals surface area contributed by atoms with Crippen molar-refractivity contribution in [3.63, 3.8) is 0 Å². The van der Waals surface area contributed by atoms with Crippen molar-refractivity contribution in [3.05, 3.63) is 65.7 Å². The molecular weight excluding hydrogens is 392 g/mol. The molecule has 0 aliphatic carbocycles. The number of aromatic nitrogens is 4. The number of benzene rings is 2. The lowest BCUT2D eigenvalue weighted by Crippen LogP contribution is -2.28. The number of alkyl halides is 2. The molecule has 0 aliphatic rings. The topological polar surface area (TPSA) is 85.8 Å². The molecule has 4 aromatic rings. The summed E-state index contributed by atoms with van der Waals surface area (Å²) in [6.45, 7) is 0.922. The summed E-state index contributed by atoms with van der Waals surface area (Å²) >= 11 is 0. The van der Waals surface area contributed by atoms with Crippen LogP contribution in [0.1, 0.15) is 41.4 Å². The summed E-state index contributed by atoms with van der Waals surface area (Å²) in [5.41, 5.74) is 2.00. The molecule has 0 bridgehead atoms. The molecule has 30 heavy (non-hydrogen) atoms. The van der Waals surface area contributed by atoms with E-state index in [1.165, 1.54) is 0 Å². The minimum Gasteiger partial charge on any atom is -0.351 e. The molecule has 1 unspecified atom stereocenters. The fourth-order valence-corrected chi connectivity index (χ4v) is 3.23. The van der Waals surface area contributed by atoms with Gasteiger partial charge in [0.05, 0.1) is 11.0 Å². The molecule has 4 rings (SSSR count). The number of rotatable bonds is 6. The van der Waals surface area contributed by atoms with Crippen molar-refractivity contribution in [2.45, 2.75) is 26.3 Å². The minimum absolute atomic E-state index is 0.166. The van der Waals surface area contributed by atoms with Gasteiger partial charge in [-0.05, 0) is 43.3 Å². The highest BCUT2D eigenvalue weighted by Crippen LogP contribution is 2.27. The zero-order chi connectivity index (χ0) is 21.3. The first-order chi connectivity index (χ1) is 14.4. The van der Waals surface area contributed by atoms with Crippen LogP contribution >= 0.6 is 0 Å². The molecule has 0 radical (unpaired) electrons. The Morgan fingerprint density at radius 2 is 1.87 bits per heavy atom. The van der Waals surface area contributed by atoms with Gasteiger partial charge in [-0.3, -0.25) is 9.36 Å². The van der Waals surface area contributed by atoms with Gasteiger partial charge >= 0.3 is 6.55 Å². The molecule has 7 nitrogen and oxygen atoms in total. The molecule has 2 heterocycles. The molecule has 1 amide bonds. The number of carbonyl (C=O) groups excluding carboxylic acids is 1. The van der Waals surface area contributed by atoms with Gasteiger partial charge in [0.2, 0.25) is 0 Å². The fraction of sp³-hybridized carbons (Fsp3) is 0.238. The number of carbonyl (C=O) groups is 1. The van der Waals surface area contributed by atoms with Gasteiger partial charge in [0.1, 0.15) is 5.82 Å². The molecule has 2 aromatic heterocycles. The van der Waals surface area contributed by atoms with Crippen molar-refractivity contribution < 1.29 is 18.1 Å². The average Bonchev–Trinajstić information content (AvgIpc) is 3.35. The Labute approximate surface area is 170 Å². The van der Waals surface area contributed by atoms with Gasteiger partial charge in [-0.15, -0.1) is 0 Å². The number of nitrogens with zero attached hydrogens (tertiary/aromatic N) is 4. The van der Waals surface area contributed by atoms with Crippen molar-refractivity contribution in [2.75, 3.05) is 6.54 Å². The number of imidazole rings is 1. The number of fused-ring (bicyclic) bond motifs is 1. The van der Waals surface area contributed by atoms with Crippen molar-refractivity contribution >= 4 is 16.9 Å². The second-order valence-corrected chi connectivity index (χ2v) is 6.94. The predicted octanol–water partition coefficient (Wildman–Crippen LogP) is 4.32. The molecule has 1 N–H and O–H groups in total. The quantitative estimate of drug-likeness (QED) is 0.511. The standard InChI is InChI=1S/C21H19F2N5O2/c1-12(18-26-16-5-3-4-6-17(16)28(18)21(22)23)11-24-19(29)14-7-9-15(10-8-14)20-25-13(2)27-30-20/h3-10,12,21H,11H2,1-2H3,(H,24,29). The first kappa shape index (κ1) is 19.7. The van der Waals surface area contributed by atoms with Crippen LogP contribution in [0.25, 0.3) is 22.5 Å². The third-order valence-corrected chi connectivity index (χ3v) is 4.75. The van der Waals surface area contributed by atoms with E-state index in [1.807, 2.05) is 0 Å². The third kappa shape index (κ3) is 3.78. The summed E-state index contributed by atoms with van der Waals surface area (Å²) in [7, 11) is 0. The van der Waals surface area contributed by atoms with E-state index in [0.717, 1.165) is 4.57 Å². The van der Waals surface area contributed by atoms with Gasteiger partial charge in [-0.2, -0.15) is 13.8 Å². The van der Waals surface area contributed by atoms with Crippen LogP contribution in [0.4, 0.5) is 8.78 Å². The summed E-state index contributed by atoms with van der Waals surface area (Å²) < 4.78 is 33.2. The van der Waals surface area contributed by atoms with Crippen LogP contribution in [-0.2, 0) is 0 Å². The number of amides is 1. The highest BCUT2D eigenvalue weighted by Gasteiger charge is 2.22. The average molecular weight is 411 g/mol. The normalized spacial score (nSPS) is 12.4. The molecule has 2 aromatic carbocycles. The van der Waals surface area contributed by atoms with Crippen LogP contribution in [0.15, 0.2) is 53.1 Å². The highest BCUT2D eigenvalue weighted by atomic mass is 19.3. The lowest BCUT2D eigenvalue weighted by Gasteiger charge is -2.15. The fourth-order valence-electron chi connectivity index (χ4n) is 3.23. The van der Waals surface area contributed by atoms with E-state index in [1.54, 1.807) is 62.4 Å². The predicted molar refractivity (Wildman–Crippen MR) is 106 cm³/mol. The lowest BCUT2D eigenvalue weighted by atomic mass is 10.1. The van der Waals surface area contributed by atoms with E-state index in [2.05, 4.69) is 20.4 Å². The van der Waals surface area contributed by atoms with E-state index in [0.29, 0.717) is 33.9 Å². The zero-order valence-corrected chi connectivity index (χ0v) is 16.3. The van der Waals surface area contributed by atoms with Crippen LogP contribution in [-0.4, -0.2) is 32.1 Å². The maximum atomic E-state index is 13.6. The zero-order valence-electron chi connectivity index (χ0n) is 16.3. The Hall–Kier alpha value is -3.62. The Balaban J connectivity index is 1.46. The van der Waals surface area contributed by atoms with E-state index in [9.17, 15) is 13.6 Å². The highest BCUT2D eigenvalue weighted by molar-refractivity contribution is 5.94. The van der Waals surface area contributed by atoms with Crippen molar-refractivity contribution in [1.29, 1.82) is 0 Å². The number of nitrogens with one attached hydrogen (secondary N) is 1. The molecule has 0 saturated heterocycles. The minimum atomic E-state index is -2.72. The second-order valence-electron chi connectivity index (χ2n) is 6.94. The summed E-state index contributed by atoms with van der Waals surface area (Å²) in [6.07, 6.45) is 0. The molecule has 9 heteroatoms. The van der Waals surface area contributed by atoms with Crippen LogP contribution in [0.3, 0.4) is 0 Å². The molecule has 0 saturated carbocycles. The largest absolute Gasteiger partial charge is 0.351 e. The summed E-state index contributed by atoms with van der Waals surface area (Å²) in [6, 6.07) is 13.4. The number of hydrogen-bond donors (Lipinski definition) is 1. The van der Waals surface area contributed by atoms with Crippen molar-refractivity contribution in [2.24, 2.45) is 0 Å². The van der Waals surface area contributed by atoms with Gasteiger partial charge in [0.25, 0.3) is 11.8 Å². The second kappa shape index (κ2) is 8.02. The number of halogens is 2. The molecule has 1 atom stereocenters. The lowest BCUT2D eigenvalue weighted by molar-refractivity contribution is 0.0704. The monoisotopic (exact) mass is 411 g/mol. The maximum Gasteiger partial charge on any atom is 0.320 e. The van der Waals surface area contributed by atoms with Crippen LogP contribution in [0.2, 0.25) is 0 Å². The summed E-state index contributed by atoms with van der Waals surface area (Å²) in [5.74, 6) is 0.411. The van der Waals surface area contributed by atoms with Crippen LogP contribution in [0, 0.1) is 6.92 Å². The third-order valence-electron chi connectivity index (χ3n) is 4.75. The Bertz CT molecular complexity index is 1180. The van der Waals surface area contributed by atoms with Gasteiger partial charge in [0, 0.05) is 23.6 Å². The molecule has 0 aliphatic heterocycles. The van der Waals surface area contributed by atoms with Gasteiger partial charge in [-0.25, -0.2) is 4.98 Å². The van der Waals surface area contributed by atoms with E-state index in [-0.39, 0.29) is 18.3 Å². The number of aryl methyl sites for hydroxylation is 1. The van der Waals surface area contributed by atoms with Gasteiger partial charge < -0.3 is 9.84 Å². The Morgan fingerprint density at radius 3 is 2.53 bits per heavy atom.